The van der Waals surface area contributed by atoms with E-state index in [1.807, 2.05) is 6.92 Å². The highest BCUT2D eigenvalue weighted by atomic mass is 32.2. The molecule has 0 spiro atoms. The van der Waals surface area contributed by atoms with Crippen LogP contribution in [-0.2, 0) is 19.6 Å². The Bertz CT molecular complexity index is 1640. The Balaban J connectivity index is 1.23. The van der Waals surface area contributed by atoms with E-state index in [0.29, 0.717) is 41.9 Å². The van der Waals surface area contributed by atoms with Crippen LogP contribution in [0, 0.1) is 0 Å². The molecule has 0 aliphatic carbocycles. The highest BCUT2D eigenvalue weighted by Gasteiger charge is 2.32. The number of likely N-dealkylation sites (N-methyl/N-ethyl adjacent to an activating group) is 1. The molecule has 0 bridgehead atoms. The molecular weight excluding hydrogens is 540 g/mol. The van der Waals surface area contributed by atoms with Gasteiger partial charge in [-0.3, -0.25) is 19.4 Å². The number of nitrogens with zero attached hydrogens (tertiary/aromatic N) is 4. The van der Waals surface area contributed by atoms with Gasteiger partial charge in [0.2, 0.25) is 5.91 Å². The summed E-state index contributed by atoms with van der Waals surface area (Å²) in [6.07, 6.45) is 2.97. The number of urea groups is 1. The molecule has 4 aromatic rings. The average molecular weight is 567 g/mol. The molecule has 1 fully saturated rings. The summed E-state index contributed by atoms with van der Waals surface area (Å²) in [6.45, 7) is 2.36. The molecule has 3 amide bonds. The molecule has 0 unspecified atom stereocenters. The van der Waals surface area contributed by atoms with Gasteiger partial charge in [-0.25, -0.2) is 28.2 Å². The van der Waals surface area contributed by atoms with Crippen molar-refractivity contribution in [1.29, 1.82) is 0 Å². The lowest BCUT2D eigenvalue weighted by Crippen LogP contribution is -2.34. The van der Waals surface area contributed by atoms with Crippen molar-refractivity contribution in [3.05, 3.63) is 61.2 Å². The van der Waals surface area contributed by atoms with Crippen LogP contribution in [0.25, 0.3) is 11.2 Å². The third kappa shape index (κ3) is 5.79. The minimum atomic E-state index is -3.88. The van der Waals surface area contributed by atoms with Crippen molar-refractivity contribution in [2.45, 2.75) is 37.0 Å². The van der Waals surface area contributed by atoms with Crippen molar-refractivity contribution in [2.24, 2.45) is 0 Å². The fourth-order valence-corrected chi connectivity index (χ4v) is 5.25. The second-order valence-corrected chi connectivity index (χ2v) is 10.5. The number of imidazole rings is 1. The lowest BCUT2D eigenvalue weighted by Gasteiger charge is -2.15. The van der Waals surface area contributed by atoms with Crippen LogP contribution >= 0.6 is 0 Å². The number of hydrogen-bond acceptors (Lipinski definition) is 9. The molecule has 2 atom stereocenters. The predicted molar refractivity (Wildman–Crippen MR) is 145 cm³/mol. The molecule has 1 aliphatic rings. The number of aromatic nitrogens is 4. The highest BCUT2D eigenvalue weighted by Crippen LogP contribution is 2.31. The fourth-order valence-electron chi connectivity index (χ4n) is 4.19. The predicted octanol–water partition coefficient (Wildman–Crippen LogP) is 2.79. The topological polar surface area (TPSA) is 189 Å². The lowest BCUT2D eigenvalue weighted by atomic mass is 10.2. The van der Waals surface area contributed by atoms with Gasteiger partial charge in [0.1, 0.15) is 24.4 Å². The molecule has 14 nitrogen and oxygen atoms in total. The van der Waals surface area contributed by atoms with Gasteiger partial charge in [-0.1, -0.05) is 0 Å². The zero-order valence-electron chi connectivity index (χ0n) is 21.2. The number of sulfonamides is 1. The third-order valence-electron chi connectivity index (χ3n) is 6.08. The first-order valence-corrected chi connectivity index (χ1v) is 13.8. The van der Waals surface area contributed by atoms with Crippen molar-refractivity contribution in [3.63, 3.8) is 0 Å². The second kappa shape index (κ2) is 11.2. The standard InChI is InChI=1S/C25H26N8O6S/c1-2-26-24(35)19-11-12-20(39-19)33-14-29-21-22(27-13-28-23(21)33)31-25(36)30-15-5-9-18(10-6-15)40(37,38)32-16-3-7-17(34)8-4-16/h3-10,13-14,19-20,32,34H,2,11-12H2,1H3,(H,26,35)(H2,27,28,30,31,36)/t19-,20+/m0/s1. The van der Waals surface area contributed by atoms with Crippen LogP contribution in [-0.4, -0.2) is 57.6 Å². The molecule has 40 heavy (non-hydrogen) atoms. The number of benzene rings is 2. The molecule has 208 valence electrons. The van der Waals surface area contributed by atoms with Crippen molar-refractivity contribution >= 4 is 50.3 Å². The van der Waals surface area contributed by atoms with Crippen LogP contribution in [0.5, 0.6) is 5.75 Å². The van der Waals surface area contributed by atoms with Gasteiger partial charge in [0, 0.05) is 17.9 Å². The summed E-state index contributed by atoms with van der Waals surface area (Å²) in [5.74, 6) is 0.0149. The van der Waals surface area contributed by atoms with E-state index in [-0.39, 0.29) is 22.4 Å². The Morgan fingerprint density at radius 2 is 1.73 bits per heavy atom. The molecule has 5 rings (SSSR count). The zero-order chi connectivity index (χ0) is 28.3. The van der Waals surface area contributed by atoms with Crippen LogP contribution < -0.4 is 20.7 Å². The average Bonchev–Trinajstić information content (AvgIpc) is 3.58. The van der Waals surface area contributed by atoms with E-state index >= 15 is 0 Å². The van der Waals surface area contributed by atoms with Crippen LogP contribution in [0.3, 0.4) is 0 Å². The minimum Gasteiger partial charge on any atom is -0.508 e. The highest BCUT2D eigenvalue weighted by molar-refractivity contribution is 7.92. The van der Waals surface area contributed by atoms with Crippen molar-refractivity contribution < 1.29 is 27.9 Å². The van der Waals surface area contributed by atoms with Gasteiger partial charge in [-0.2, -0.15) is 0 Å². The van der Waals surface area contributed by atoms with Gasteiger partial charge in [0.25, 0.3) is 10.0 Å². The summed E-state index contributed by atoms with van der Waals surface area (Å²) in [5.41, 5.74) is 1.40. The number of phenols is 1. The monoisotopic (exact) mass is 566 g/mol. The summed E-state index contributed by atoms with van der Waals surface area (Å²) < 4.78 is 35.3. The van der Waals surface area contributed by atoms with E-state index in [1.165, 1.54) is 61.2 Å². The normalized spacial score (nSPS) is 16.9. The smallest absolute Gasteiger partial charge is 0.324 e. The summed E-state index contributed by atoms with van der Waals surface area (Å²) in [6, 6.07) is 10.6. The Labute approximate surface area is 228 Å². The van der Waals surface area contributed by atoms with Gasteiger partial charge < -0.3 is 20.5 Å². The Kier molecular flexibility index (Phi) is 7.48. The van der Waals surface area contributed by atoms with Gasteiger partial charge >= 0.3 is 6.03 Å². The van der Waals surface area contributed by atoms with E-state index < -0.39 is 28.4 Å². The van der Waals surface area contributed by atoms with E-state index in [9.17, 15) is 23.1 Å². The molecule has 0 radical (unpaired) electrons. The molecular formula is C25H26N8O6S. The van der Waals surface area contributed by atoms with E-state index in [0.717, 1.165) is 0 Å². The first kappa shape index (κ1) is 26.8. The van der Waals surface area contributed by atoms with E-state index in [2.05, 4.69) is 35.6 Å². The summed E-state index contributed by atoms with van der Waals surface area (Å²) in [7, 11) is -3.88. The maximum absolute atomic E-state index is 12.7. The first-order valence-electron chi connectivity index (χ1n) is 12.3. The summed E-state index contributed by atoms with van der Waals surface area (Å²) in [4.78, 5) is 37.5. The van der Waals surface area contributed by atoms with Crippen molar-refractivity contribution in [3.8, 4) is 5.75 Å². The van der Waals surface area contributed by atoms with Gasteiger partial charge in [0.05, 0.1) is 11.2 Å². The number of anilines is 3. The van der Waals surface area contributed by atoms with Crippen LogP contribution in [0.2, 0.25) is 0 Å². The number of phenolic OH excluding ortho intramolecular Hbond substituents is 1. The number of aromatic hydroxyl groups is 1. The number of carbonyl (C=O) groups is 2. The Morgan fingerprint density at radius 1 is 1.00 bits per heavy atom. The van der Waals surface area contributed by atoms with E-state index in [1.54, 1.807) is 4.57 Å². The zero-order valence-corrected chi connectivity index (χ0v) is 22.1. The quantitative estimate of drug-likeness (QED) is 0.200. The largest absolute Gasteiger partial charge is 0.508 e. The minimum absolute atomic E-state index is 0.0156. The maximum atomic E-state index is 12.7. The number of fused-ring (bicyclic) bond motifs is 1. The third-order valence-corrected chi connectivity index (χ3v) is 7.48. The molecule has 5 N–H and O–H groups in total. The molecule has 0 saturated carbocycles. The van der Waals surface area contributed by atoms with Gasteiger partial charge in [-0.15, -0.1) is 0 Å². The molecule has 2 aromatic carbocycles. The lowest BCUT2D eigenvalue weighted by molar-refractivity contribution is -0.133. The summed E-state index contributed by atoms with van der Waals surface area (Å²) >= 11 is 0. The fraction of sp³-hybridized carbons (Fsp3) is 0.240. The first-order chi connectivity index (χ1) is 19.2. The van der Waals surface area contributed by atoms with Crippen LogP contribution in [0.15, 0.2) is 66.1 Å². The molecule has 1 saturated heterocycles. The molecule has 15 heteroatoms. The Hall–Kier alpha value is -4.76. The number of amides is 3. The molecule has 2 aromatic heterocycles. The number of hydrogen-bond donors (Lipinski definition) is 5. The molecule has 3 heterocycles. The Morgan fingerprint density at radius 3 is 2.45 bits per heavy atom. The van der Waals surface area contributed by atoms with E-state index in [4.69, 9.17) is 4.74 Å². The van der Waals surface area contributed by atoms with Crippen LogP contribution in [0.1, 0.15) is 26.0 Å². The number of carbonyl (C=O) groups excluding carboxylic acids is 2. The second-order valence-electron chi connectivity index (χ2n) is 8.85. The molecule has 1 aliphatic heterocycles. The summed E-state index contributed by atoms with van der Waals surface area (Å²) in [5, 5.41) is 17.4. The van der Waals surface area contributed by atoms with Crippen molar-refractivity contribution in [1.82, 2.24) is 24.8 Å². The van der Waals surface area contributed by atoms with Gasteiger partial charge in [-0.05, 0) is 68.3 Å². The number of nitrogens with one attached hydrogen (secondary N) is 4. The number of rotatable bonds is 8. The van der Waals surface area contributed by atoms with Crippen molar-refractivity contribution in [2.75, 3.05) is 21.9 Å². The maximum Gasteiger partial charge on any atom is 0.324 e. The number of ether oxygens (including phenoxy) is 1. The van der Waals surface area contributed by atoms with Gasteiger partial charge in [0.15, 0.2) is 17.0 Å². The van der Waals surface area contributed by atoms with Crippen LogP contribution in [0.4, 0.5) is 22.0 Å². The SMILES string of the molecule is CCNC(=O)[C@@H]1CC[C@H](n2cnc3c(NC(=O)Nc4ccc(S(=O)(=O)Nc5ccc(O)cc5)cc4)ncnc32)O1.